The number of rotatable bonds is 0. The molecule has 1 N–H and O–H groups in total. The van der Waals surface area contributed by atoms with Crippen LogP contribution in [0.1, 0.15) is 13.3 Å². The Kier molecular flexibility index (Phi) is 1.46. The molecule has 2 nitrogen and oxygen atoms in total. The molecule has 1 spiro atoms. The van der Waals surface area contributed by atoms with Gasteiger partial charge in [0.05, 0.1) is 0 Å². The molecule has 0 aromatic rings. The van der Waals surface area contributed by atoms with Gasteiger partial charge < -0.3 is 10.1 Å². The van der Waals surface area contributed by atoms with Gasteiger partial charge in [-0.25, -0.2) is 0 Å². The molecule has 2 fully saturated rings. The largest absolute Gasteiger partial charge is 0.381 e. The second kappa shape index (κ2) is 2.21. The molecule has 2 heteroatoms. The van der Waals surface area contributed by atoms with Gasteiger partial charge in [0.1, 0.15) is 0 Å². The highest BCUT2D eigenvalue weighted by molar-refractivity contribution is 4.97. The number of hydrogen-bond acceptors (Lipinski definition) is 2. The van der Waals surface area contributed by atoms with Gasteiger partial charge in [-0.1, -0.05) is 6.92 Å². The third-order valence-corrected chi connectivity index (χ3v) is 3.11. The molecule has 0 unspecified atom stereocenters. The van der Waals surface area contributed by atoms with E-state index in [0.29, 0.717) is 5.41 Å². The van der Waals surface area contributed by atoms with Crippen molar-refractivity contribution < 1.29 is 4.74 Å². The van der Waals surface area contributed by atoms with Crippen LogP contribution in [0.4, 0.5) is 0 Å². The number of ether oxygens (including phenoxy) is 1. The minimum absolute atomic E-state index is 0.623. The summed E-state index contributed by atoms with van der Waals surface area (Å²) in [5.74, 6) is 0.766. The first kappa shape index (κ1) is 6.62. The van der Waals surface area contributed by atoms with Gasteiger partial charge in [0.15, 0.2) is 0 Å². The average Bonchev–Trinajstić information content (AvgIpc) is 1.85. The maximum Gasteiger partial charge on any atom is 0.0497 e. The third kappa shape index (κ3) is 0.789. The maximum absolute atomic E-state index is 5.39. The fraction of sp³-hybridized carbons (Fsp3) is 1.00. The normalized spacial score (nSPS) is 37.5. The molecule has 0 amide bonds. The highest BCUT2D eigenvalue weighted by Crippen LogP contribution is 2.38. The Balaban J connectivity index is 2.03. The molecule has 2 aliphatic heterocycles. The first-order valence-electron chi connectivity index (χ1n) is 4.12. The second-order valence-corrected chi connectivity index (χ2v) is 3.69. The Morgan fingerprint density at radius 1 is 1.50 bits per heavy atom. The minimum atomic E-state index is 0.623. The minimum Gasteiger partial charge on any atom is -0.381 e. The molecule has 2 saturated heterocycles. The van der Waals surface area contributed by atoms with E-state index in [9.17, 15) is 0 Å². The van der Waals surface area contributed by atoms with Crippen LogP contribution in [0.2, 0.25) is 0 Å². The molecular weight excluding hydrogens is 126 g/mol. The highest BCUT2D eigenvalue weighted by Gasteiger charge is 2.43. The number of hydrogen-bond donors (Lipinski definition) is 1. The van der Waals surface area contributed by atoms with Gasteiger partial charge in [-0.3, -0.25) is 0 Å². The maximum atomic E-state index is 5.39. The lowest BCUT2D eigenvalue weighted by Gasteiger charge is -2.49. The predicted molar refractivity (Wildman–Crippen MR) is 39.9 cm³/mol. The van der Waals surface area contributed by atoms with Crippen molar-refractivity contribution in [3.8, 4) is 0 Å². The van der Waals surface area contributed by atoms with Gasteiger partial charge in [0.25, 0.3) is 0 Å². The summed E-state index contributed by atoms with van der Waals surface area (Å²) < 4.78 is 5.39. The molecule has 2 heterocycles. The molecule has 0 saturated carbocycles. The van der Waals surface area contributed by atoms with E-state index in [4.69, 9.17) is 4.74 Å². The van der Waals surface area contributed by atoms with Crippen LogP contribution in [0.5, 0.6) is 0 Å². The highest BCUT2D eigenvalue weighted by atomic mass is 16.5. The lowest BCUT2D eigenvalue weighted by molar-refractivity contribution is -0.0610. The van der Waals surface area contributed by atoms with Crippen LogP contribution in [0.3, 0.4) is 0 Å². The van der Waals surface area contributed by atoms with Gasteiger partial charge in [-0.15, -0.1) is 0 Å². The van der Waals surface area contributed by atoms with Gasteiger partial charge in [-0.05, 0) is 12.3 Å². The molecule has 0 bridgehead atoms. The molecule has 0 radical (unpaired) electrons. The third-order valence-electron chi connectivity index (χ3n) is 3.11. The zero-order chi connectivity index (χ0) is 7.03. The zero-order valence-electron chi connectivity index (χ0n) is 6.52. The summed E-state index contributed by atoms with van der Waals surface area (Å²) in [5, 5.41) is 3.35. The molecule has 1 atom stereocenters. The molecule has 0 aliphatic carbocycles. The standard InChI is InChI=1S/C8H15NO/c1-7-4-10-3-2-8(7)5-9-6-8/h7,9H,2-6H2,1H3/t7-/m0/s1. The van der Waals surface area contributed by atoms with Crippen molar-refractivity contribution in [2.75, 3.05) is 26.3 Å². The van der Waals surface area contributed by atoms with E-state index >= 15 is 0 Å². The van der Waals surface area contributed by atoms with Crippen molar-refractivity contribution in [2.24, 2.45) is 11.3 Å². The van der Waals surface area contributed by atoms with E-state index in [1.165, 1.54) is 19.5 Å². The van der Waals surface area contributed by atoms with Crippen molar-refractivity contribution in [1.82, 2.24) is 5.32 Å². The molecule has 0 aromatic carbocycles. The van der Waals surface area contributed by atoms with E-state index in [0.717, 1.165) is 19.1 Å². The van der Waals surface area contributed by atoms with Crippen molar-refractivity contribution in [1.29, 1.82) is 0 Å². The van der Waals surface area contributed by atoms with Crippen LogP contribution < -0.4 is 5.32 Å². The van der Waals surface area contributed by atoms with Crippen molar-refractivity contribution in [2.45, 2.75) is 13.3 Å². The summed E-state index contributed by atoms with van der Waals surface area (Å²) in [6, 6.07) is 0. The van der Waals surface area contributed by atoms with Gasteiger partial charge in [0, 0.05) is 31.7 Å². The molecule has 58 valence electrons. The van der Waals surface area contributed by atoms with Crippen molar-refractivity contribution >= 4 is 0 Å². The average molecular weight is 141 g/mol. The van der Waals surface area contributed by atoms with Crippen LogP contribution in [-0.4, -0.2) is 26.3 Å². The van der Waals surface area contributed by atoms with E-state index in [1.807, 2.05) is 0 Å². The van der Waals surface area contributed by atoms with Crippen LogP contribution in [0.15, 0.2) is 0 Å². The van der Waals surface area contributed by atoms with Gasteiger partial charge in [-0.2, -0.15) is 0 Å². The van der Waals surface area contributed by atoms with E-state index in [1.54, 1.807) is 0 Å². The lowest BCUT2D eigenvalue weighted by Crippen LogP contribution is -2.59. The van der Waals surface area contributed by atoms with Gasteiger partial charge >= 0.3 is 0 Å². The molecule has 2 rings (SSSR count). The Bertz CT molecular complexity index is 131. The fourth-order valence-corrected chi connectivity index (χ4v) is 1.93. The molecule has 0 aromatic heterocycles. The Labute approximate surface area is 61.9 Å². The Morgan fingerprint density at radius 3 is 2.70 bits per heavy atom. The van der Waals surface area contributed by atoms with Crippen LogP contribution in [0, 0.1) is 11.3 Å². The Morgan fingerprint density at radius 2 is 2.30 bits per heavy atom. The SMILES string of the molecule is C[C@H]1COCCC12CNC2. The topological polar surface area (TPSA) is 21.3 Å². The Hall–Kier alpha value is -0.0800. The van der Waals surface area contributed by atoms with Crippen molar-refractivity contribution in [3.05, 3.63) is 0 Å². The summed E-state index contributed by atoms with van der Waals surface area (Å²) in [4.78, 5) is 0. The monoisotopic (exact) mass is 141 g/mol. The van der Waals surface area contributed by atoms with E-state index in [2.05, 4.69) is 12.2 Å². The summed E-state index contributed by atoms with van der Waals surface area (Å²) in [7, 11) is 0. The number of nitrogens with one attached hydrogen (secondary N) is 1. The first-order chi connectivity index (χ1) is 4.83. The second-order valence-electron chi connectivity index (χ2n) is 3.69. The first-order valence-corrected chi connectivity index (χ1v) is 4.12. The molecular formula is C8H15NO. The van der Waals surface area contributed by atoms with E-state index in [-0.39, 0.29) is 0 Å². The van der Waals surface area contributed by atoms with E-state index < -0.39 is 0 Å². The molecule has 2 aliphatic rings. The summed E-state index contributed by atoms with van der Waals surface area (Å²) in [6.45, 7) is 6.70. The van der Waals surface area contributed by atoms with Crippen LogP contribution >= 0.6 is 0 Å². The molecule has 10 heavy (non-hydrogen) atoms. The van der Waals surface area contributed by atoms with Crippen LogP contribution in [-0.2, 0) is 4.74 Å². The van der Waals surface area contributed by atoms with Crippen molar-refractivity contribution in [3.63, 3.8) is 0 Å². The van der Waals surface area contributed by atoms with Crippen LogP contribution in [0.25, 0.3) is 0 Å². The van der Waals surface area contributed by atoms with Gasteiger partial charge in [0.2, 0.25) is 0 Å². The summed E-state index contributed by atoms with van der Waals surface area (Å²) in [5.41, 5.74) is 0.623. The lowest BCUT2D eigenvalue weighted by atomic mass is 9.68. The summed E-state index contributed by atoms with van der Waals surface area (Å²) >= 11 is 0. The fourth-order valence-electron chi connectivity index (χ4n) is 1.93. The quantitative estimate of drug-likeness (QED) is 0.534. The zero-order valence-corrected chi connectivity index (χ0v) is 6.52. The smallest absolute Gasteiger partial charge is 0.0497 e. The predicted octanol–water partition coefficient (Wildman–Crippen LogP) is 0.632. The summed E-state index contributed by atoms with van der Waals surface area (Å²) in [6.07, 6.45) is 1.27.